The maximum atomic E-state index is 12.5. The maximum absolute atomic E-state index is 12.5. The van der Waals surface area contributed by atoms with Crippen LogP contribution in [-0.4, -0.2) is 13.0 Å². The Morgan fingerprint density at radius 3 is 2.52 bits per heavy atom. The lowest BCUT2D eigenvalue weighted by atomic mass is 10.2. The Morgan fingerprint density at radius 2 is 1.87 bits per heavy atom. The number of halogens is 1. The first-order valence-corrected chi connectivity index (χ1v) is 9.71. The lowest BCUT2D eigenvalue weighted by Crippen LogP contribution is -2.16. The number of rotatable bonds is 3. The molecule has 3 rings (SSSR count). The van der Waals surface area contributed by atoms with E-state index in [4.69, 9.17) is 11.6 Å². The van der Waals surface area contributed by atoms with Crippen LogP contribution in [0, 0.1) is 6.92 Å². The van der Waals surface area contributed by atoms with Gasteiger partial charge in [-0.1, -0.05) is 40.6 Å². The molecule has 0 bridgehead atoms. The molecule has 0 radical (unpaired) electrons. The zero-order valence-corrected chi connectivity index (χ0v) is 15.0. The summed E-state index contributed by atoms with van der Waals surface area (Å²) in [6, 6.07) is 12.2. The van der Waals surface area contributed by atoms with Crippen LogP contribution in [0.1, 0.15) is 12.5 Å². The van der Waals surface area contributed by atoms with E-state index in [2.05, 4.69) is 4.40 Å². The molecule has 0 N–H and O–H groups in total. The van der Waals surface area contributed by atoms with E-state index < -0.39 is 10.0 Å². The third-order valence-electron chi connectivity index (χ3n) is 3.48. The van der Waals surface area contributed by atoms with Crippen LogP contribution in [0.15, 0.2) is 51.8 Å². The predicted octanol–water partition coefficient (Wildman–Crippen LogP) is 3.97. The molecule has 3 aromatic rings. The van der Waals surface area contributed by atoms with Gasteiger partial charge < -0.3 is 4.57 Å². The molecule has 0 spiro atoms. The molecule has 7 heteroatoms. The minimum Gasteiger partial charge on any atom is -0.316 e. The van der Waals surface area contributed by atoms with Crippen molar-refractivity contribution in [3.63, 3.8) is 0 Å². The summed E-state index contributed by atoms with van der Waals surface area (Å²) in [5.41, 5.74) is 1.93. The zero-order chi connectivity index (χ0) is 16.6. The molecule has 4 nitrogen and oxygen atoms in total. The van der Waals surface area contributed by atoms with E-state index in [-0.39, 0.29) is 4.90 Å². The molecular weight excluding hydrogens is 352 g/mol. The van der Waals surface area contributed by atoms with Gasteiger partial charge in [0.25, 0.3) is 10.0 Å². The summed E-state index contributed by atoms with van der Waals surface area (Å²) in [6.07, 6.45) is 0. The third-order valence-corrected chi connectivity index (χ3v) is 6.15. The molecule has 2 aromatic carbocycles. The number of nitrogens with zero attached hydrogens (tertiary/aromatic N) is 2. The first kappa shape index (κ1) is 16.2. The first-order chi connectivity index (χ1) is 10.9. The van der Waals surface area contributed by atoms with Crippen LogP contribution in [-0.2, 0) is 16.6 Å². The summed E-state index contributed by atoms with van der Waals surface area (Å²) in [5, 5.41) is 0.620. The Balaban J connectivity index is 2.22. The Morgan fingerprint density at radius 1 is 1.17 bits per heavy atom. The normalized spacial score (nSPS) is 12.9. The quantitative estimate of drug-likeness (QED) is 0.704. The molecular formula is C16H15ClN2O2S2. The number of aromatic nitrogens is 1. The summed E-state index contributed by atoms with van der Waals surface area (Å²) in [4.78, 5) is 0.645. The fourth-order valence-electron chi connectivity index (χ4n) is 2.29. The highest BCUT2D eigenvalue weighted by molar-refractivity contribution is 7.90. The summed E-state index contributed by atoms with van der Waals surface area (Å²) in [5.74, 6) is 0. The minimum absolute atomic E-state index is 0.196. The molecule has 0 aliphatic rings. The van der Waals surface area contributed by atoms with Gasteiger partial charge >= 0.3 is 0 Å². The number of fused-ring (bicyclic) bond motifs is 1. The van der Waals surface area contributed by atoms with Gasteiger partial charge in [0.1, 0.15) is 0 Å². The van der Waals surface area contributed by atoms with E-state index in [9.17, 15) is 8.42 Å². The largest absolute Gasteiger partial charge is 0.316 e. The molecule has 1 aromatic heterocycles. The molecule has 0 aliphatic heterocycles. The molecule has 0 fully saturated rings. The van der Waals surface area contributed by atoms with Crippen molar-refractivity contribution >= 4 is 43.2 Å². The van der Waals surface area contributed by atoms with E-state index in [1.807, 2.05) is 30.5 Å². The van der Waals surface area contributed by atoms with Crippen LogP contribution in [0.2, 0.25) is 5.02 Å². The van der Waals surface area contributed by atoms with Crippen molar-refractivity contribution in [3.8, 4) is 0 Å². The monoisotopic (exact) mass is 366 g/mol. The molecule has 23 heavy (non-hydrogen) atoms. The van der Waals surface area contributed by atoms with Gasteiger partial charge in [0, 0.05) is 11.6 Å². The standard InChI is InChI=1S/C16H15ClN2O2S2/c1-3-19-14-9-6-12(17)10-15(14)22-16(19)18-23(20,21)13-7-4-11(2)5-8-13/h4-10H,3H2,1-2H3/b18-16-. The number of aryl methyl sites for hydroxylation is 2. The van der Waals surface area contributed by atoms with Gasteiger partial charge in [-0.25, -0.2) is 0 Å². The lowest BCUT2D eigenvalue weighted by molar-refractivity contribution is 0.595. The lowest BCUT2D eigenvalue weighted by Gasteiger charge is -2.01. The van der Waals surface area contributed by atoms with E-state index >= 15 is 0 Å². The van der Waals surface area contributed by atoms with E-state index in [1.165, 1.54) is 11.3 Å². The predicted molar refractivity (Wildman–Crippen MR) is 94.4 cm³/mol. The molecule has 0 atom stereocenters. The summed E-state index contributed by atoms with van der Waals surface area (Å²) in [7, 11) is -3.74. The highest BCUT2D eigenvalue weighted by Crippen LogP contribution is 2.22. The van der Waals surface area contributed by atoms with E-state index in [0.29, 0.717) is 16.4 Å². The summed E-state index contributed by atoms with van der Waals surface area (Å²) < 4.78 is 31.9. The van der Waals surface area contributed by atoms with Gasteiger partial charge in [0.2, 0.25) is 4.80 Å². The molecule has 120 valence electrons. The first-order valence-electron chi connectivity index (χ1n) is 7.07. The van der Waals surface area contributed by atoms with Crippen molar-refractivity contribution in [2.24, 2.45) is 4.40 Å². The van der Waals surface area contributed by atoms with Gasteiger partial charge in [-0.2, -0.15) is 8.42 Å². The SMILES string of the molecule is CCn1/c(=N/S(=O)(=O)c2ccc(C)cc2)sc2cc(Cl)ccc21. The molecule has 0 amide bonds. The van der Waals surface area contributed by atoms with Crippen LogP contribution in [0.4, 0.5) is 0 Å². The van der Waals surface area contributed by atoms with Gasteiger partial charge in [-0.05, 0) is 44.2 Å². The van der Waals surface area contributed by atoms with Gasteiger partial charge in [0.15, 0.2) is 0 Å². The van der Waals surface area contributed by atoms with Crippen LogP contribution >= 0.6 is 22.9 Å². The van der Waals surface area contributed by atoms with Crippen molar-refractivity contribution in [2.75, 3.05) is 0 Å². The zero-order valence-electron chi connectivity index (χ0n) is 12.7. The number of benzene rings is 2. The average molecular weight is 367 g/mol. The van der Waals surface area contributed by atoms with E-state index in [0.717, 1.165) is 15.8 Å². The number of hydrogen-bond donors (Lipinski definition) is 0. The van der Waals surface area contributed by atoms with Crippen molar-refractivity contribution in [2.45, 2.75) is 25.3 Å². The highest BCUT2D eigenvalue weighted by atomic mass is 35.5. The molecule has 0 aliphatic carbocycles. The Labute approximate surface area is 143 Å². The maximum Gasteiger partial charge on any atom is 0.285 e. The topological polar surface area (TPSA) is 51.4 Å². The van der Waals surface area contributed by atoms with Crippen LogP contribution < -0.4 is 4.80 Å². The number of hydrogen-bond acceptors (Lipinski definition) is 3. The van der Waals surface area contributed by atoms with Crippen molar-refractivity contribution < 1.29 is 8.42 Å². The minimum atomic E-state index is -3.74. The fourth-order valence-corrected chi connectivity index (χ4v) is 4.86. The Kier molecular flexibility index (Phi) is 4.31. The molecule has 1 heterocycles. The second kappa shape index (κ2) is 6.11. The van der Waals surface area contributed by atoms with Crippen LogP contribution in [0.3, 0.4) is 0 Å². The number of sulfonamides is 1. The Bertz CT molecular complexity index is 1030. The second-order valence-corrected chi connectivity index (χ2v) is 8.17. The van der Waals surface area contributed by atoms with Crippen LogP contribution in [0.5, 0.6) is 0 Å². The Hall–Kier alpha value is -1.63. The number of thiazole rings is 1. The molecule has 0 saturated heterocycles. The second-order valence-electron chi connectivity index (χ2n) is 5.12. The molecule has 0 unspecified atom stereocenters. The van der Waals surface area contributed by atoms with Gasteiger partial charge in [0.05, 0.1) is 15.1 Å². The van der Waals surface area contributed by atoms with Gasteiger partial charge in [-0.3, -0.25) is 0 Å². The van der Waals surface area contributed by atoms with Crippen molar-refractivity contribution in [3.05, 3.63) is 57.9 Å². The fraction of sp³-hybridized carbons (Fsp3) is 0.188. The highest BCUT2D eigenvalue weighted by Gasteiger charge is 2.14. The van der Waals surface area contributed by atoms with Crippen molar-refractivity contribution in [1.82, 2.24) is 4.57 Å². The summed E-state index contributed by atoms with van der Waals surface area (Å²) in [6.45, 7) is 4.50. The average Bonchev–Trinajstić information content (AvgIpc) is 2.82. The molecule has 0 saturated carbocycles. The van der Waals surface area contributed by atoms with E-state index in [1.54, 1.807) is 30.3 Å². The third kappa shape index (κ3) is 3.20. The summed E-state index contributed by atoms with van der Waals surface area (Å²) >= 11 is 7.34. The smallest absolute Gasteiger partial charge is 0.285 e. The van der Waals surface area contributed by atoms with Crippen molar-refractivity contribution in [1.29, 1.82) is 0 Å². The van der Waals surface area contributed by atoms with Gasteiger partial charge in [-0.15, -0.1) is 4.40 Å². The van der Waals surface area contributed by atoms with Crippen LogP contribution in [0.25, 0.3) is 10.2 Å².